The first-order valence-electron chi connectivity index (χ1n) is 7.19. The van der Waals surface area contributed by atoms with Crippen LogP contribution in [0.2, 0.25) is 0 Å². The molecule has 1 heterocycles. The molecular weight excluding hydrogens is 236 g/mol. The molecule has 1 aromatic carbocycles. The highest BCUT2D eigenvalue weighted by atomic mass is 16.2. The third-order valence-electron chi connectivity index (χ3n) is 3.97. The summed E-state index contributed by atoms with van der Waals surface area (Å²) in [6.07, 6.45) is 3.55. The highest BCUT2D eigenvalue weighted by Crippen LogP contribution is 2.19. The van der Waals surface area contributed by atoms with Crippen LogP contribution in [-0.4, -0.2) is 29.4 Å². The van der Waals surface area contributed by atoms with Gasteiger partial charge in [0.25, 0.3) is 0 Å². The van der Waals surface area contributed by atoms with Crippen molar-refractivity contribution in [3.8, 4) is 0 Å². The van der Waals surface area contributed by atoms with Gasteiger partial charge < -0.3 is 10.6 Å². The molecule has 0 bridgehead atoms. The first-order chi connectivity index (χ1) is 9.04. The van der Waals surface area contributed by atoms with Crippen LogP contribution in [0.3, 0.4) is 0 Å². The Balaban J connectivity index is 2.08. The van der Waals surface area contributed by atoms with Gasteiger partial charge in [-0.2, -0.15) is 0 Å². The van der Waals surface area contributed by atoms with Crippen LogP contribution in [-0.2, 0) is 17.6 Å². The zero-order valence-corrected chi connectivity index (χ0v) is 12.0. The Morgan fingerprint density at radius 2 is 1.79 bits per heavy atom. The van der Waals surface area contributed by atoms with Crippen molar-refractivity contribution < 1.29 is 4.79 Å². The molecule has 1 aliphatic rings. The number of hydrogen-bond acceptors (Lipinski definition) is 2. The SMILES string of the molecule is CCCC(C)(N)C(=O)N1CCc2ccccc2CC1. The van der Waals surface area contributed by atoms with Gasteiger partial charge in [0.2, 0.25) is 5.91 Å². The summed E-state index contributed by atoms with van der Waals surface area (Å²) in [6.45, 7) is 5.49. The summed E-state index contributed by atoms with van der Waals surface area (Å²) in [5.41, 5.74) is 8.18. The number of nitrogens with zero attached hydrogens (tertiary/aromatic N) is 1. The minimum atomic E-state index is -0.717. The summed E-state index contributed by atoms with van der Waals surface area (Å²) in [7, 11) is 0. The fourth-order valence-electron chi connectivity index (χ4n) is 2.86. The second-order valence-electron chi connectivity index (χ2n) is 5.73. The number of benzene rings is 1. The summed E-state index contributed by atoms with van der Waals surface area (Å²) < 4.78 is 0. The van der Waals surface area contributed by atoms with Gasteiger partial charge in [-0.15, -0.1) is 0 Å². The fourth-order valence-corrected chi connectivity index (χ4v) is 2.86. The summed E-state index contributed by atoms with van der Waals surface area (Å²) in [6, 6.07) is 8.47. The predicted octanol–water partition coefficient (Wildman–Crippen LogP) is 2.13. The van der Waals surface area contributed by atoms with Crippen molar-refractivity contribution in [2.24, 2.45) is 5.73 Å². The maximum atomic E-state index is 12.5. The van der Waals surface area contributed by atoms with Crippen molar-refractivity contribution >= 4 is 5.91 Å². The van der Waals surface area contributed by atoms with E-state index in [-0.39, 0.29) is 5.91 Å². The Bertz CT molecular complexity index is 427. The average molecular weight is 260 g/mol. The van der Waals surface area contributed by atoms with E-state index in [1.807, 2.05) is 11.8 Å². The lowest BCUT2D eigenvalue weighted by Crippen LogP contribution is -2.53. The van der Waals surface area contributed by atoms with E-state index in [4.69, 9.17) is 5.73 Å². The Hall–Kier alpha value is -1.35. The lowest BCUT2D eigenvalue weighted by molar-refractivity contribution is -0.136. The molecule has 1 amide bonds. The molecule has 0 saturated carbocycles. The van der Waals surface area contributed by atoms with E-state index in [0.717, 1.165) is 38.8 Å². The zero-order chi connectivity index (χ0) is 13.9. The molecule has 1 unspecified atom stereocenters. The molecule has 3 nitrogen and oxygen atoms in total. The monoisotopic (exact) mass is 260 g/mol. The van der Waals surface area contributed by atoms with Crippen molar-refractivity contribution in [3.63, 3.8) is 0 Å². The highest BCUT2D eigenvalue weighted by molar-refractivity contribution is 5.85. The van der Waals surface area contributed by atoms with Crippen LogP contribution in [0.4, 0.5) is 0 Å². The lowest BCUT2D eigenvalue weighted by Gasteiger charge is -2.30. The van der Waals surface area contributed by atoms with Crippen LogP contribution >= 0.6 is 0 Å². The van der Waals surface area contributed by atoms with E-state index < -0.39 is 5.54 Å². The third kappa shape index (κ3) is 3.16. The number of carbonyl (C=O) groups is 1. The van der Waals surface area contributed by atoms with Gasteiger partial charge in [0.1, 0.15) is 0 Å². The molecule has 1 aliphatic heterocycles. The molecule has 19 heavy (non-hydrogen) atoms. The maximum absolute atomic E-state index is 12.5. The van der Waals surface area contributed by atoms with E-state index >= 15 is 0 Å². The average Bonchev–Trinajstić information content (AvgIpc) is 2.60. The van der Waals surface area contributed by atoms with Crippen LogP contribution in [0, 0.1) is 0 Å². The van der Waals surface area contributed by atoms with E-state index in [0.29, 0.717) is 0 Å². The first-order valence-corrected chi connectivity index (χ1v) is 7.19. The predicted molar refractivity (Wildman–Crippen MR) is 77.9 cm³/mol. The van der Waals surface area contributed by atoms with E-state index in [9.17, 15) is 4.79 Å². The van der Waals surface area contributed by atoms with Gasteiger partial charge in [0, 0.05) is 13.1 Å². The van der Waals surface area contributed by atoms with E-state index in [1.54, 1.807) is 0 Å². The second kappa shape index (κ2) is 5.74. The van der Waals surface area contributed by atoms with Gasteiger partial charge >= 0.3 is 0 Å². The zero-order valence-electron chi connectivity index (χ0n) is 12.0. The van der Waals surface area contributed by atoms with Gasteiger partial charge in [-0.25, -0.2) is 0 Å². The van der Waals surface area contributed by atoms with Crippen LogP contribution < -0.4 is 5.73 Å². The van der Waals surface area contributed by atoms with Crippen LogP contribution in [0.15, 0.2) is 24.3 Å². The normalized spacial score (nSPS) is 18.4. The Morgan fingerprint density at radius 1 is 1.26 bits per heavy atom. The molecule has 0 spiro atoms. The molecule has 1 atom stereocenters. The molecule has 2 rings (SSSR count). The Kier molecular flexibility index (Phi) is 4.25. The molecular formula is C16H24N2O. The summed E-state index contributed by atoms with van der Waals surface area (Å²) in [5.74, 6) is 0.0992. The number of hydrogen-bond donors (Lipinski definition) is 1. The van der Waals surface area contributed by atoms with E-state index in [2.05, 4.69) is 31.2 Å². The van der Waals surface area contributed by atoms with Crippen molar-refractivity contribution in [2.75, 3.05) is 13.1 Å². The van der Waals surface area contributed by atoms with Crippen LogP contribution in [0.5, 0.6) is 0 Å². The van der Waals surface area contributed by atoms with Gasteiger partial charge in [-0.05, 0) is 37.3 Å². The number of amides is 1. The molecule has 0 saturated heterocycles. The molecule has 2 N–H and O–H groups in total. The lowest BCUT2D eigenvalue weighted by atomic mass is 9.95. The molecule has 0 radical (unpaired) electrons. The van der Waals surface area contributed by atoms with Crippen molar-refractivity contribution in [1.29, 1.82) is 0 Å². The molecule has 0 aromatic heterocycles. The minimum Gasteiger partial charge on any atom is -0.340 e. The smallest absolute Gasteiger partial charge is 0.242 e. The number of rotatable bonds is 3. The summed E-state index contributed by atoms with van der Waals surface area (Å²) >= 11 is 0. The van der Waals surface area contributed by atoms with Crippen molar-refractivity contribution in [2.45, 2.75) is 45.1 Å². The number of carbonyl (C=O) groups excluding carboxylic acids is 1. The second-order valence-corrected chi connectivity index (χ2v) is 5.73. The Labute approximate surface area is 115 Å². The van der Waals surface area contributed by atoms with Crippen LogP contribution in [0.1, 0.15) is 37.8 Å². The largest absolute Gasteiger partial charge is 0.340 e. The third-order valence-corrected chi connectivity index (χ3v) is 3.97. The van der Waals surface area contributed by atoms with Crippen molar-refractivity contribution in [1.82, 2.24) is 4.90 Å². The fraction of sp³-hybridized carbons (Fsp3) is 0.562. The molecule has 0 aliphatic carbocycles. The molecule has 1 aromatic rings. The maximum Gasteiger partial charge on any atom is 0.242 e. The number of nitrogens with two attached hydrogens (primary N) is 1. The first kappa shape index (κ1) is 14.1. The summed E-state index contributed by atoms with van der Waals surface area (Å²) in [4.78, 5) is 14.5. The molecule has 0 fully saturated rings. The quantitative estimate of drug-likeness (QED) is 0.905. The van der Waals surface area contributed by atoms with Gasteiger partial charge in [-0.1, -0.05) is 37.6 Å². The molecule has 3 heteroatoms. The van der Waals surface area contributed by atoms with Crippen molar-refractivity contribution in [3.05, 3.63) is 35.4 Å². The topological polar surface area (TPSA) is 46.3 Å². The van der Waals surface area contributed by atoms with Crippen LogP contribution in [0.25, 0.3) is 0 Å². The summed E-state index contributed by atoms with van der Waals surface area (Å²) in [5, 5.41) is 0. The number of fused-ring (bicyclic) bond motifs is 1. The Morgan fingerprint density at radius 3 is 2.26 bits per heavy atom. The van der Waals surface area contributed by atoms with Gasteiger partial charge in [0.15, 0.2) is 0 Å². The van der Waals surface area contributed by atoms with E-state index in [1.165, 1.54) is 11.1 Å². The van der Waals surface area contributed by atoms with Gasteiger partial charge in [0.05, 0.1) is 5.54 Å². The minimum absolute atomic E-state index is 0.0992. The highest BCUT2D eigenvalue weighted by Gasteiger charge is 2.32. The standard InChI is InChI=1S/C16H24N2O/c1-3-10-16(2,17)15(19)18-11-8-13-6-4-5-7-14(13)9-12-18/h4-7H,3,8-12,17H2,1-2H3. The molecule has 104 valence electrons. The van der Waals surface area contributed by atoms with Gasteiger partial charge in [-0.3, -0.25) is 4.79 Å².